The molecule has 2 aromatic carbocycles. The zero-order valence-corrected chi connectivity index (χ0v) is 15.2. The summed E-state index contributed by atoms with van der Waals surface area (Å²) in [5.41, 5.74) is 5.11. The molecule has 1 heterocycles. The molecule has 0 spiro atoms. The van der Waals surface area contributed by atoms with Crippen molar-refractivity contribution in [2.45, 2.75) is 25.9 Å². The lowest BCUT2D eigenvalue weighted by molar-refractivity contribution is -0.115. The van der Waals surface area contributed by atoms with Crippen molar-refractivity contribution in [3.05, 3.63) is 69.6 Å². The number of benzene rings is 2. The van der Waals surface area contributed by atoms with Crippen molar-refractivity contribution >= 4 is 40.3 Å². The van der Waals surface area contributed by atoms with Crippen molar-refractivity contribution in [2.75, 3.05) is 0 Å². The molecule has 0 saturated carbocycles. The van der Waals surface area contributed by atoms with E-state index in [1.54, 1.807) is 0 Å². The molecular formula is C20H17NO2S2. The standard InChI is InChI=1S/C20H17NO2S2/c22-19-18(25-20(24)21-19)11-13-5-8-17(9-6-13)23-12-14-4-7-15-2-1-3-16(15)10-14/h4-11H,1-3,12H2,(H,21,22,24). The van der Waals surface area contributed by atoms with Crippen molar-refractivity contribution in [3.8, 4) is 5.75 Å². The van der Waals surface area contributed by atoms with Crippen LogP contribution in [0.4, 0.5) is 0 Å². The summed E-state index contributed by atoms with van der Waals surface area (Å²) >= 11 is 6.28. The summed E-state index contributed by atoms with van der Waals surface area (Å²) in [6.45, 7) is 0.570. The van der Waals surface area contributed by atoms with Gasteiger partial charge in [0.2, 0.25) is 0 Å². The van der Waals surface area contributed by atoms with Gasteiger partial charge in [0.15, 0.2) is 0 Å². The van der Waals surface area contributed by atoms with Gasteiger partial charge in [-0.1, -0.05) is 54.3 Å². The Morgan fingerprint density at radius 3 is 2.68 bits per heavy atom. The highest BCUT2D eigenvalue weighted by Gasteiger charge is 2.21. The van der Waals surface area contributed by atoms with Crippen LogP contribution in [0.25, 0.3) is 6.08 Å². The van der Waals surface area contributed by atoms with Crippen LogP contribution in [0.1, 0.15) is 28.7 Å². The van der Waals surface area contributed by atoms with Crippen molar-refractivity contribution < 1.29 is 9.53 Å². The molecule has 4 rings (SSSR count). The number of ether oxygens (including phenoxy) is 1. The molecule has 0 unspecified atom stereocenters. The highest BCUT2D eigenvalue weighted by Crippen LogP contribution is 2.27. The number of rotatable bonds is 4. The third-order valence-corrected chi connectivity index (χ3v) is 5.55. The average Bonchev–Trinajstić information content (AvgIpc) is 3.20. The minimum absolute atomic E-state index is 0.132. The number of amides is 1. The Balaban J connectivity index is 1.40. The highest BCUT2D eigenvalue weighted by atomic mass is 32.2. The van der Waals surface area contributed by atoms with Crippen LogP contribution in [0.15, 0.2) is 47.4 Å². The zero-order valence-electron chi connectivity index (χ0n) is 13.6. The number of carbonyl (C=O) groups is 1. The van der Waals surface area contributed by atoms with Gasteiger partial charge in [-0.3, -0.25) is 4.79 Å². The summed E-state index contributed by atoms with van der Waals surface area (Å²) in [6, 6.07) is 14.4. The van der Waals surface area contributed by atoms with E-state index in [0.717, 1.165) is 11.3 Å². The van der Waals surface area contributed by atoms with E-state index >= 15 is 0 Å². The first-order valence-corrected chi connectivity index (χ1v) is 9.48. The number of aryl methyl sites for hydroxylation is 2. The Kier molecular flexibility index (Phi) is 4.59. The minimum Gasteiger partial charge on any atom is -0.489 e. The SMILES string of the molecule is O=C1NC(=S)SC1=Cc1ccc(OCc2ccc3c(c2)CCC3)cc1. The van der Waals surface area contributed by atoms with Gasteiger partial charge in [0.1, 0.15) is 16.7 Å². The second-order valence-electron chi connectivity index (χ2n) is 6.17. The van der Waals surface area contributed by atoms with Gasteiger partial charge >= 0.3 is 0 Å². The van der Waals surface area contributed by atoms with E-state index in [0.29, 0.717) is 15.8 Å². The summed E-state index contributed by atoms with van der Waals surface area (Å²) in [5.74, 6) is 0.689. The van der Waals surface area contributed by atoms with Crippen molar-refractivity contribution in [3.63, 3.8) is 0 Å². The van der Waals surface area contributed by atoms with Crippen LogP contribution < -0.4 is 10.1 Å². The lowest BCUT2D eigenvalue weighted by Crippen LogP contribution is -2.17. The number of carbonyl (C=O) groups excluding carboxylic acids is 1. The molecule has 2 aliphatic rings. The monoisotopic (exact) mass is 367 g/mol. The first kappa shape index (κ1) is 16.4. The molecule has 1 aliphatic carbocycles. The van der Waals surface area contributed by atoms with E-state index in [2.05, 4.69) is 23.5 Å². The largest absolute Gasteiger partial charge is 0.489 e. The molecule has 1 fully saturated rings. The number of thioether (sulfide) groups is 1. The molecular weight excluding hydrogens is 350 g/mol. The van der Waals surface area contributed by atoms with E-state index in [1.165, 1.54) is 47.7 Å². The van der Waals surface area contributed by atoms with Crippen LogP contribution in [0.5, 0.6) is 5.75 Å². The quantitative estimate of drug-likeness (QED) is 0.648. The molecule has 0 aromatic heterocycles. The van der Waals surface area contributed by atoms with Gasteiger partial charge in [-0.15, -0.1) is 0 Å². The fourth-order valence-electron chi connectivity index (χ4n) is 3.11. The van der Waals surface area contributed by atoms with Crippen molar-refractivity contribution in [1.82, 2.24) is 5.32 Å². The van der Waals surface area contributed by atoms with Crippen LogP contribution in [0.2, 0.25) is 0 Å². The van der Waals surface area contributed by atoms with Crippen molar-refractivity contribution in [2.24, 2.45) is 0 Å². The van der Waals surface area contributed by atoms with E-state index in [-0.39, 0.29) is 5.91 Å². The van der Waals surface area contributed by atoms with Crippen LogP contribution in [-0.4, -0.2) is 10.2 Å². The average molecular weight is 367 g/mol. The zero-order chi connectivity index (χ0) is 17.2. The molecule has 25 heavy (non-hydrogen) atoms. The lowest BCUT2D eigenvalue weighted by atomic mass is 10.1. The number of hydrogen-bond acceptors (Lipinski definition) is 4. The molecule has 1 saturated heterocycles. The molecule has 1 N–H and O–H groups in total. The summed E-state index contributed by atoms with van der Waals surface area (Å²) in [7, 11) is 0. The molecule has 0 radical (unpaired) electrons. The van der Waals surface area contributed by atoms with Crippen LogP contribution in [0, 0.1) is 0 Å². The first-order valence-electron chi connectivity index (χ1n) is 8.26. The van der Waals surface area contributed by atoms with E-state index in [4.69, 9.17) is 17.0 Å². The number of nitrogens with one attached hydrogen (secondary N) is 1. The van der Waals surface area contributed by atoms with Gasteiger partial charge in [-0.2, -0.15) is 0 Å². The van der Waals surface area contributed by atoms with Crippen LogP contribution in [0.3, 0.4) is 0 Å². The molecule has 126 valence electrons. The Hall–Kier alpha value is -2.11. The number of thiocarbonyl (C=S) groups is 1. The Bertz CT molecular complexity index is 872. The summed E-state index contributed by atoms with van der Waals surface area (Å²) < 4.78 is 6.39. The van der Waals surface area contributed by atoms with E-state index < -0.39 is 0 Å². The van der Waals surface area contributed by atoms with Gasteiger partial charge in [-0.25, -0.2) is 0 Å². The molecule has 1 amide bonds. The predicted molar refractivity (Wildman–Crippen MR) is 106 cm³/mol. The Morgan fingerprint density at radius 1 is 1.12 bits per heavy atom. The molecule has 1 aliphatic heterocycles. The Labute approximate surface area is 156 Å². The van der Waals surface area contributed by atoms with Crippen LogP contribution >= 0.6 is 24.0 Å². The van der Waals surface area contributed by atoms with E-state index in [1.807, 2.05) is 30.3 Å². The van der Waals surface area contributed by atoms with Crippen molar-refractivity contribution in [1.29, 1.82) is 0 Å². The molecule has 0 bridgehead atoms. The topological polar surface area (TPSA) is 38.3 Å². The molecule has 2 aromatic rings. The Morgan fingerprint density at radius 2 is 1.92 bits per heavy atom. The normalized spacial score (nSPS) is 17.7. The van der Waals surface area contributed by atoms with Gasteiger partial charge in [0.05, 0.1) is 4.91 Å². The third-order valence-electron chi connectivity index (χ3n) is 4.39. The van der Waals surface area contributed by atoms with Gasteiger partial charge in [0, 0.05) is 0 Å². The minimum atomic E-state index is -0.132. The number of fused-ring (bicyclic) bond motifs is 1. The highest BCUT2D eigenvalue weighted by molar-refractivity contribution is 8.26. The summed E-state index contributed by atoms with van der Waals surface area (Å²) in [5, 5.41) is 2.62. The van der Waals surface area contributed by atoms with Gasteiger partial charge in [-0.05, 0) is 59.7 Å². The van der Waals surface area contributed by atoms with Gasteiger partial charge in [0.25, 0.3) is 5.91 Å². The smallest absolute Gasteiger partial charge is 0.263 e. The third kappa shape index (κ3) is 3.78. The number of hydrogen-bond donors (Lipinski definition) is 1. The lowest BCUT2D eigenvalue weighted by Gasteiger charge is -2.08. The van der Waals surface area contributed by atoms with Gasteiger partial charge < -0.3 is 10.1 Å². The predicted octanol–water partition coefficient (Wildman–Crippen LogP) is 4.24. The maximum atomic E-state index is 11.7. The van der Waals surface area contributed by atoms with E-state index in [9.17, 15) is 4.79 Å². The summed E-state index contributed by atoms with van der Waals surface area (Å²) in [6.07, 6.45) is 5.48. The molecule has 0 atom stereocenters. The fraction of sp³-hybridized carbons (Fsp3) is 0.200. The second kappa shape index (κ2) is 7.02. The first-order chi connectivity index (χ1) is 12.2. The molecule has 5 heteroatoms. The maximum absolute atomic E-state index is 11.7. The molecule has 3 nitrogen and oxygen atoms in total. The maximum Gasteiger partial charge on any atom is 0.263 e. The second-order valence-corrected chi connectivity index (χ2v) is 7.89. The fourth-order valence-corrected chi connectivity index (χ4v) is 4.16. The summed E-state index contributed by atoms with van der Waals surface area (Å²) in [4.78, 5) is 12.3. The van der Waals surface area contributed by atoms with Crippen LogP contribution in [-0.2, 0) is 24.2 Å².